The van der Waals surface area contributed by atoms with Gasteiger partial charge in [-0.2, -0.15) is 9.50 Å². The Morgan fingerprint density at radius 1 is 1.23 bits per heavy atom. The third-order valence-electron chi connectivity index (χ3n) is 4.97. The largest absolute Gasteiger partial charge is 0.490 e. The minimum Gasteiger partial charge on any atom is -0.490 e. The first-order valence-electron chi connectivity index (χ1n) is 9.85. The van der Waals surface area contributed by atoms with E-state index in [9.17, 15) is 4.79 Å². The van der Waals surface area contributed by atoms with E-state index in [0.717, 1.165) is 28.2 Å². The predicted octanol–water partition coefficient (Wildman–Crippen LogP) is 3.75. The van der Waals surface area contributed by atoms with Crippen LogP contribution in [0.4, 0.5) is 0 Å². The van der Waals surface area contributed by atoms with Gasteiger partial charge >= 0.3 is 0 Å². The molecule has 3 heterocycles. The monoisotopic (exact) mass is 429 g/mol. The van der Waals surface area contributed by atoms with Gasteiger partial charge in [0.1, 0.15) is 24.2 Å². The minimum absolute atomic E-state index is 0.144. The molecule has 2 aromatic heterocycles. The first-order chi connectivity index (χ1) is 15.1. The molecule has 0 radical (unpaired) electrons. The van der Waals surface area contributed by atoms with Gasteiger partial charge < -0.3 is 9.47 Å². The molecule has 1 aliphatic heterocycles. The number of hydrogen-bond donors (Lipinski definition) is 0. The Balaban J connectivity index is 1.48. The highest BCUT2D eigenvalue weighted by molar-refractivity contribution is 7.15. The molecule has 1 atom stereocenters. The van der Waals surface area contributed by atoms with Crippen LogP contribution in [0.1, 0.15) is 12.5 Å². The highest BCUT2D eigenvalue weighted by Gasteiger charge is 2.18. The van der Waals surface area contributed by atoms with Crippen LogP contribution in [0.25, 0.3) is 28.5 Å². The highest BCUT2D eigenvalue weighted by Crippen LogP contribution is 2.29. The normalized spacial score (nSPS) is 16.0. The molecule has 1 aliphatic rings. The number of ether oxygens (including phenoxy) is 2. The van der Waals surface area contributed by atoms with Gasteiger partial charge in [-0.15, -0.1) is 5.10 Å². The fraction of sp³-hybridized carbons (Fsp3) is 0.125. The Bertz CT molecular complexity index is 1420. The number of rotatable bonds is 5. The topological polar surface area (TPSA) is 65.7 Å². The molecule has 0 unspecified atom stereocenters. The van der Waals surface area contributed by atoms with Gasteiger partial charge in [0.15, 0.2) is 5.82 Å². The molecule has 0 aliphatic carbocycles. The van der Waals surface area contributed by atoms with Gasteiger partial charge in [0, 0.05) is 11.1 Å². The fourth-order valence-corrected chi connectivity index (χ4v) is 4.29. The van der Waals surface area contributed by atoms with Crippen molar-refractivity contribution in [2.45, 2.75) is 13.0 Å². The SMILES string of the molecule is C=CCOc1ccc(-c2nc3s/c(=C\C4=Cc5ccccc5O[C@@H]4C)c(=O)n3n2)cc1. The summed E-state index contributed by atoms with van der Waals surface area (Å²) in [5.74, 6) is 2.10. The lowest BCUT2D eigenvalue weighted by molar-refractivity contribution is 0.259. The van der Waals surface area contributed by atoms with E-state index in [4.69, 9.17) is 9.47 Å². The second kappa shape index (κ2) is 7.85. The van der Waals surface area contributed by atoms with Crippen LogP contribution in [-0.4, -0.2) is 27.3 Å². The number of para-hydroxylation sites is 1. The third kappa shape index (κ3) is 3.64. The van der Waals surface area contributed by atoms with Crippen molar-refractivity contribution in [3.63, 3.8) is 0 Å². The van der Waals surface area contributed by atoms with Crippen LogP contribution >= 0.6 is 11.3 Å². The maximum Gasteiger partial charge on any atom is 0.291 e. The van der Waals surface area contributed by atoms with E-state index in [1.807, 2.05) is 61.5 Å². The number of fused-ring (bicyclic) bond motifs is 2. The average Bonchev–Trinajstić information content (AvgIpc) is 3.32. The summed E-state index contributed by atoms with van der Waals surface area (Å²) in [4.78, 5) is 18.0. The summed E-state index contributed by atoms with van der Waals surface area (Å²) in [6.45, 7) is 6.06. The zero-order valence-corrected chi connectivity index (χ0v) is 17.6. The number of hydrogen-bond acceptors (Lipinski definition) is 6. The molecule has 0 saturated heterocycles. The van der Waals surface area contributed by atoms with E-state index in [2.05, 4.69) is 22.7 Å². The molecule has 0 fully saturated rings. The van der Waals surface area contributed by atoms with Gasteiger partial charge in [-0.1, -0.05) is 42.2 Å². The Morgan fingerprint density at radius 2 is 2.03 bits per heavy atom. The summed E-state index contributed by atoms with van der Waals surface area (Å²) < 4.78 is 13.4. The maximum atomic E-state index is 12.9. The summed E-state index contributed by atoms with van der Waals surface area (Å²) in [5.41, 5.74) is 2.58. The Morgan fingerprint density at radius 3 is 2.81 bits per heavy atom. The van der Waals surface area contributed by atoms with Gasteiger partial charge in [0.25, 0.3) is 5.56 Å². The van der Waals surface area contributed by atoms with Crippen molar-refractivity contribution in [1.82, 2.24) is 14.6 Å². The van der Waals surface area contributed by atoms with Crippen LogP contribution in [-0.2, 0) is 0 Å². The maximum absolute atomic E-state index is 12.9. The molecule has 31 heavy (non-hydrogen) atoms. The van der Waals surface area contributed by atoms with Crippen molar-refractivity contribution in [1.29, 1.82) is 0 Å². The van der Waals surface area contributed by atoms with Crippen molar-refractivity contribution in [3.8, 4) is 22.9 Å². The Kier molecular flexibility index (Phi) is 4.88. The minimum atomic E-state index is -0.184. The standard InChI is InChI=1S/C24H19N3O3S/c1-3-12-29-19-10-8-16(9-11-19)22-25-24-27(26-22)23(28)21(31-24)14-18-13-17-6-4-5-7-20(17)30-15(18)2/h3-11,13-15H,1,12H2,2H3/b21-14-/t15-/m1/s1. The van der Waals surface area contributed by atoms with Gasteiger partial charge in [-0.25, -0.2) is 0 Å². The summed E-state index contributed by atoms with van der Waals surface area (Å²) in [5, 5.41) is 4.42. The van der Waals surface area contributed by atoms with Gasteiger partial charge in [0.05, 0.1) is 4.53 Å². The lowest BCUT2D eigenvalue weighted by atomic mass is 10.0. The Hall–Kier alpha value is -3.71. The smallest absolute Gasteiger partial charge is 0.291 e. The first kappa shape index (κ1) is 19.3. The van der Waals surface area contributed by atoms with Crippen LogP contribution in [0.5, 0.6) is 11.5 Å². The van der Waals surface area contributed by atoms with Crippen LogP contribution in [0.2, 0.25) is 0 Å². The molecular weight excluding hydrogens is 410 g/mol. The van der Waals surface area contributed by atoms with Crippen molar-refractivity contribution >= 4 is 28.4 Å². The predicted molar refractivity (Wildman–Crippen MR) is 122 cm³/mol. The van der Waals surface area contributed by atoms with Crippen molar-refractivity contribution in [3.05, 3.63) is 87.2 Å². The second-order valence-corrected chi connectivity index (χ2v) is 8.12. The van der Waals surface area contributed by atoms with Crippen LogP contribution in [0.3, 0.4) is 0 Å². The van der Waals surface area contributed by atoms with Crippen molar-refractivity contribution in [2.75, 3.05) is 6.61 Å². The van der Waals surface area contributed by atoms with E-state index < -0.39 is 0 Å². The molecule has 0 N–H and O–H groups in total. The van der Waals surface area contributed by atoms with Crippen molar-refractivity contribution < 1.29 is 9.47 Å². The Labute approximate surface area is 182 Å². The molecular formula is C24H19N3O3S. The summed E-state index contributed by atoms with van der Waals surface area (Å²) in [6.07, 6.45) is 5.47. The van der Waals surface area contributed by atoms with E-state index in [-0.39, 0.29) is 11.7 Å². The molecule has 7 heteroatoms. The zero-order valence-electron chi connectivity index (χ0n) is 16.8. The molecule has 0 amide bonds. The lowest BCUT2D eigenvalue weighted by Crippen LogP contribution is -2.26. The van der Waals surface area contributed by atoms with E-state index in [1.165, 1.54) is 15.9 Å². The summed E-state index contributed by atoms with van der Waals surface area (Å²) in [6, 6.07) is 15.3. The third-order valence-corrected chi connectivity index (χ3v) is 5.93. The molecule has 0 saturated carbocycles. The van der Waals surface area contributed by atoms with Crippen molar-refractivity contribution in [2.24, 2.45) is 0 Å². The van der Waals surface area contributed by atoms with E-state index >= 15 is 0 Å². The highest BCUT2D eigenvalue weighted by atomic mass is 32.1. The molecule has 0 spiro atoms. The second-order valence-electron chi connectivity index (χ2n) is 7.11. The van der Waals surface area contributed by atoms with Crippen LogP contribution in [0, 0.1) is 0 Å². The molecule has 2 aromatic carbocycles. The van der Waals surface area contributed by atoms with Gasteiger partial charge in [-0.05, 0) is 55.0 Å². The molecule has 154 valence electrons. The van der Waals surface area contributed by atoms with Gasteiger partial charge in [-0.3, -0.25) is 4.79 Å². The van der Waals surface area contributed by atoms with E-state index in [0.29, 0.717) is 21.9 Å². The summed E-state index contributed by atoms with van der Waals surface area (Å²) >= 11 is 1.32. The molecule has 0 bridgehead atoms. The first-order valence-corrected chi connectivity index (χ1v) is 10.7. The average molecular weight is 430 g/mol. The lowest BCUT2D eigenvalue weighted by Gasteiger charge is -2.22. The molecule has 4 aromatic rings. The quantitative estimate of drug-likeness (QED) is 0.452. The van der Waals surface area contributed by atoms with Gasteiger partial charge in [0.2, 0.25) is 4.96 Å². The number of nitrogens with zero attached hydrogens (tertiary/aromatic N) is 3. The number of benzene rings is 2. The zero-order chi connectivity index (χ0) is 21.4. The summed E-state index contributed by atoms with van der Waals surface area (Å²) in [7, 11) is 0. The molecule has 6 nitrogen and oxygen atoms in total. The molecule has 5 rings (SSSR count). The van der Waals surface area contributed by atoms with E-state index in [1.54, 1.807) is 6.08 Å². The number of aromatic nitrogens is 3. The van der Waals surface area contributed by atoms with Crippen LogP contribution in [0.15, 0.2) is 71.6 Å². The number of thiazole rings is 1. The van der Waals surface area contributed by atoms with Crippen LogP contribution < -0.4 is 19.6 Å². The fourth-order valence-electron chi connectivity index (χ4n) is 3.38.